The molecule has 212 valence electrons. The van der Waals surface area contributed by atoms with Crippen LogP contribution >= 0.6 is 15.9 Å². The molecule has 0 aliphatic rings. The Labute approximate surface area is 244 Å². The summed E-state index contributed by atoms with van der Waals surface area (Å²) in [5, 5.41) is 19.4. The van der Waals surface area contributed by atoms with Crippen molar-refractivity contribution in [2.24, 2.45) is 5.10 Å². The Bertz CT molecular complexity index is 1720. The first-order valence-electron chi connectivity index (χ1n) is 12.7. The summed E-state index contributed by atoms with van der Waals surface area (Å²) in [6.45, 7) is 5.28. The number of carbonyl (C=O) groups excluding carboxylic acids is 1. The molecule has 0 radical (unpaired) electrons. The molecule has 11 nitrogen and oxygen atoms in total. The molecule has 0 saturated carbocycles. The van der Waals surface area contributed by atoms with Crippen LogP contribution in [0.15, 0.2) is 69.0 Å². The molecule has 0 aliphatic heterocycles. The molecule has 12 heteroatoms. The maximum atomic E-state index is 13.4. The Kier molecular flexibility index (Phi) is 9.13. The lowest BCUT2D eigenvalue weighted by Gasteiger charge is -2.14. The summed E-state index contributed by atoms with van der Waals surface area (Å²) in [6, 6.07) is 15.2. The number of anilines is 1. The molecule has 0 fully saturated rings. The van der Waals surface area contributed by atoms with Crippen LogP contribution in [0.25, 0.3) is 10.9 Å². The number of hydrogen-bond acceptors (Lipinski definition) is 8. The zero-order valence-corrected chi connectivity index (χ0v) is 24.5. The number of nitrogens with one attached hydrogen (secondary N) is 1. The van der Waals surface area contributed by atoms with Crippen molar-refractivity contribution in [3.05, 3.63) is 96.5 Å². The second-order valence-corrected chi connectivity index (χ2v) is 10.2. The number of fused-ring (bicyclic) bond motifs is 1. The quantitative estimate of drug-likeness (QED) is 0.134. The highest BCUT2D eigenvalue weighted by Crippen LogP contribution is 2.38. The Balaban J connectivity index is 1.68. The predicted octanol–water partition coefficient (Wildman–Crippen LogP) is 5.80. The van der Waals surface area contributed by atoms with Gasteiger partial charge in [-0.15, -0.1) is 0 Å². The minimum Gasteiger partial charge on any atom is -0.493 e. The number of benzene rings is 3. The van der Waals surface area contributed by atoms with Crippen LogP contribution in [-0.2, 0) is 4.79 Å². The molecule has 1 aromatic heterocycles. The first-order chi connectivity index (χ1) is 19.6. The second kappa shape index (κ2) is 12.7. The molecule has 1 N–H and O–H groups in total. The minimum atomic E-state index is -0.639. The maximum absolute atomic E-state index is 13.4. The maximum Gasteiger partial charge on any atom is 0.315 e. The van der Waals surface area contributed by atoms with Gasteiger partial charge in [0.2, 0.25) is 5.75 Å². The van der Waals surface area contributed by atoms with Crippen molar-refractivity contribution in [3.8, 4) is 11.5 Å². The normalized spacial score (nSPS) is 11.9. The van der Waals surface area contributed by atoms with E-state index in [1.54, 1.807) is 24.3 Å². The van der Waals surface area contributed by atoms with Gasteiger partial charge in [-0.1, -0.05) is 48.0 Å². The monoisotopic (exact) mass is 621 g/mol. The molecule has 1 amide bonds. The Morgan fingerprint density at radius 3 is 2.68 bits per heavy atom. The molecular weight excluding hydrogens is 594 g/mol. The molecular formula is C29H28BrN5O6. The summed E-state index contributed by atoms with van der Waals surface area (Å²) in [4.78, 5) is 41.9. The standard InChI is InChI=1S/C29H28BrN5O6/c1-5-17(2)28-33-23-11-10-20(30)14-21(23)29(37)34(28)31-15-19-12-24(35(38)39)27(25(13-19)40-4)41-16-26(36)32-22-9-7-6-8-18(22)3/h6-15,17H,5,16H2,1-4H3,(H,32,36)/t17-/m1/s1. The van der Waals surface area contributed by atoms with Gasteiger partial charge >= 0.3 is 5.69 Å². The fourth-order valence-electron chi connectivity index (χ4n) is 4.06. The van der Waals surface area contributed by atoms with Crippen molar-refractivity contribution >= 4 is 50.3 Å². The van der Waals surface area contributed by atoms with Gasteiger partial charge in [0.25, 0.3) is 11.5 Å². The second-order valence-electron chi connectivity index (χ2n) is 9.28. The minimum absolute atomic E-state index is 0.0272. The molecule has 1 atom stereocenters. The van der Waals surface area contributed by atoms with Gasteiger partial charge in [0, 0.05) is 27.7 Å². The molecule has 3 aromatic carbocycles. The highest BCUT2D eigenvalue weighted by Gasteiger charge is 2.23. The van der Waals surface area contributed by atoms with Crippen LogP contribution in [-0.4, -0.2) is 40.4 Å². The third kappa shape index (κ3) is 6.60. The zero-order chi connectivity index (χ0) is 29.7. The molecule has 41 heavy (non-hydrogen) atoms. The summed E-state index contributed by atoms with van der Waals surface area (Å²) in [5.41, 5.74) is 1.50. The summed E-state index contributed by atoms with van der Waals surface area (Å²) in [7, 11) is 1.33. The Morgan fingerprint density at radius 1 is 1.24 bits per heavy atom. The number of amides is 1. The van der Waals surface area contributed by atoms with Crippen molar-refractivity contribution in [2.45, 2.75) is 33.1 Å². The van der Waals surface area contributed by atoms with E-state index in [1.807, 2.05) is 39.0 Å². The van der Waals surface area contributed by atoms with Crippen LogP contribution in [0.1, 0.15) is 43.1 Å². The number of halogens is 1. The highest BCUT2D eigenvalue weighted by molar-refractivity contribution is 9.10. The first-order valence-corrected chi connectivity index (χ1v) is 13.5. The van der Waals surface area contributed by atoms with Crippen molar-refractivity contribution < 1.29 is 19.2 Å². The van der Waals surface area contributed by atoms with E-state index in [0.29, 0.717) is 28.8 Å². The van der Waals surface area contributed by atoms with Gasteiger partial charge in [0.05, 0.1) is 29.2 Å². The van der Waals surface area contributed by atoms with E-state index in [9.17, 15) is 19.7 Å². The van der Waals surface area contributed by atoms with Gasteiger partial charge in [-0.25, -0.2) is 4.98 Å². The van der Waals surface area contributed by atoms with Gasteiger partial charge in [-0.2, -0.15) is 9.78 Å². The fourth-order valence-corrected chi connectivity index (χ4v) is 4.42. The average molecular weight is 622 g/mol. The van der Waals surface area contributed by atoms with Crippen molar-refractivity contribution in [1.82, 2.24) is 9.66 Å². The summed E-state index contributed by atoms with van der Waals surface area (Å²) in [6.07, 6.45) is 2.04. The number of methoxy groups -OCH3 is 1. The number of aryl methyl sites for hydroxylation is 1. The van der Waals surface area contributed by atoms with Gasteiger partial charge in [0.1, 0.15) is 5.82 Å². The van der Waals surface area contributed by atoms with E-state index in [-0.39, 0.29) is 28.5 Å². The highest BCUT2D eigenvalue weighted by atomic mass is 79.9. The van der Waals surface area contributed by atoms with Crippen molar-refractivity contribution in [3.63, 3.8) is 0 Å². The number of nitro benzene ring substituents is 1. The molecule has 0 spiro atoms. The number of nitro groups is 1. The van der Waals surface area contributed by atoms with Crippen LogP contribution in [0, 0.1) is 17.0 Å². The molecule has 0 bridgehead atoms. The fraction of sp³-hybridized carbons (Fsp3) is 0.241. The first kappa shape index (κ1) is 29.4. The Hall–Kier alpha value is -4.58. The Morgan fingerprint density at radius 2 is 2.00 bits per heavy atom. The smallest absolute Gasteiger partial charge is 0.315 e. The molecule has 0 aliphatic carbocycles. The number of carbonyl (C=O) groups is 1. The average Bonchev–Trinajstić information content (AvgIpc) is 2.96. The van der Waals surface area contributed by atoms with Gasteiger partial charge in [-0.3, -0.25) is 19.7 Å². The third-order valence-corrected chi connectivity index (χ3v) is 6.94. The predicted molar refractivity (Wildman–Crippen MR) is 160 cm³/mol. The van der Waals surface area contributed by atoms with Crippen LogP contribution in [0.3, 0.4) is 0 Å². The topological polar surface area (TPSA) is 138 Å². The zero-order valence-electron chi connectivity index (χ0n) is 22.9. The van der Waals surface area contributed by atoms with E-state index >= 15 is 0 Å². The lowest BCUT2D eigenvalue weighted by atomic mass is 10.1. The van der Waals surface area contributed by atoms with Gasteiger partial charge in [-0.05, 0) is 49.2 Å². The van der Waals surface area contributed by atoms with E-state index in [1.165, 1.54) is 30.1 Å². The van der Waals surface area contributed by atoms with Gasteiger partial charge in [0.15, 0.2) is 12.4 Å². The van der Waals surface area contributed by atoms with E-state index in [0.717, 1.165) is 10.0 Å². The molecule has 0 unspecified atom stereocenters. The third-order valence-electron chi connectivity index (χ3n) is 6.45. The summed E-state index contributed by atoms with van der Waals surface area (Å²) in [5.74, 6) is -0.291. The number of rotatable bonds is 10. The number of ether oxygens (including phenoxy) is 2. The van der Waals surface area contributed by atoms with E-state index in [2.05, 4.69) is 31.3 Å². The summed E-state index contributed by atoms with van der Waals surface area (Å²) >= 11 is 3.38. The largest absolute Gasteiger partial charge is 0.493 e. The number of para-hydroxylation sites is 1. The number of aromatic nitrogens is 2. The van der Waals surface area contributed by atoms with Crippen LogP contribution in [0.2, 0.25) is 0 Å². The lowest BCUT2D eigenvalue weighted by Crippen LogP contribution is -2.23. The van der Waals surface area contributed by atoms with Crippen LogP contribution in [0.5, 0.6) is 11.5 Å². The SMILES string of the molecule is CC[C@@H](C)c1nc2ccc(Br)cc2c(=O)n1N=Cc1cc(OC)c(OCC(=O)Nc2ccccc2C)c([N+](=O)[O-])c1. The van der Waals surface area contributed by atoms with E-state index in [4.69, 9.17) is 9.47 Å². The number of hydrogen-bond donors (Lipinski definition) is 1. The van der Waals surface area contributed by atoms with Crippen LogP contribution < -0.4 is 20.3 Å². The van der Waals surface area contributed by atoms with Crippen molar-refractivity contribution in [1.29, 1.82) is 0 Å². The molecule has 4 aromatic rings. The molecule has 0 saturated heterocycles. The molecule has 1 heterocycles. The van der Waals surface area contributed by atoms with Crippen LogP contribution in [0.4, 0.5) is 11.4 Å². The van der Waals surface area contributed by atoms with Gasteiger partial charge < -0.3 is 14.8 Å². The molecule has 4 rings (SSSR count). The number of nitrogens with zero attached hydrogens (tertiary/aromatic N) is 4. The summed E-state index contributed by atoms with van der Waals surface area (Å²) < 4.78 is 12.9. The lowest BCUT2D eigenvalue weighted by molar-refractivity contribution is -0.385. The van der Waals surface area contributed by atoms with E-state index < -0.39 is 23.1 Å². The van der Waals surface area contributed by atoms with Crippen molar-refractivity contribution in [2.75, 3.05) is 19.0 Å².